The third kappa shape index (κ3) is 10.2. The second-order valence-corrected chi connectivity index (χ2v) is 10.8. The molecule has 15 nitrogen and oxygen atoms in total. The number of rotatable bonds is 14. The maximum atomic E-state index is 12.9. The molecule has 0 aliphatic rings. The SMILES string of the molecule is Cn1c(COP(=O)(NCCOS(C)(=O)=O)NCCOS(C)(=O)=O)cnc1[N+](=O)[O-]. The Labute approximate surface area is 167 Å². The van der Waals surface area contributed by atoms with Gasteiger partial charge in [-0.3, -0.25) is 17.5 Å². The van der Waals surface area contributed by atoms with Crippen LogP contribution in [0.3, 0.4) is 0 Å². The molecule has 1 rings (SSSR count). The summed E-state index contributed by atoms with van der Waals surface area (Å²) in [5.41, 5.74) is 0.236. The first-order chi connectivity index (χ1) is 13.2. The topological polar surface area (TPSA) is 198 Å². The van der Waals surface area contributed by atoms with Crippen LogP contribution in [-0.2, 0) is 51.3 Å². The van der Waals surface area contributed by atoms with Crippen LogP contribution >= 0.6 is 7.67 Å². The number of nitrogens with zero attached hydrogens (tertiary/aromatic N) is 3. The lowest BCUT2D eigenvalue weighted by molar-refractivity contribution is -0.396. The van der Waals surface area contributed by atoms with Gasteiger partial charge in [0, 0.05) is 13.1 Å². The van der Waals surface area contributed by atoms with E-state index in [9.17, 15) is 31.5 Å². The fraction of sp³-hybridized carbons (Fsp3) is 0.727. The van der Waals surface area contributed by atoms with Crippen molar-refractivity contribution in [1.82, 2.24) is 19.7 Å². The van der Waals surface area contributed by atoms with Gasteiger partial charge in [0.05, 0.1) is 32.8 Å². The number of aromatic nitrogens is 2. The van der Waals surface area contributed by atoms with E-state index in [-0.39, 0.29) is 38.6 Å². The van der Waals surface area contributed by atoms with Crippen molar-refractivity contribution >= 4 is 33.9 Å². The van der Waals surface area contributed by atoms with Crippen molar-refractivity contribution in [2.24, 2.45) is 7.05 Å². The summed E-state index contributed by atoms with van der Waals surface area (Å²) in [4.78, 5) is 13.7. The van der Waals surface area contributed by atoms with Gasteiger partial charge in [-0.1, -0.05) is 4.98 Å². The Balaban J connectivity index is 2.74. The van der Waals surface area contributed by atoms with Crippen LogP contribution in [0.5, 0.6) is 0 Å². The largest absolute Gasteiger partial charge is 0.434 e. The molecule has 0 unspecified atom stereocenters. The highest BCUT2D eigenvalue weighted by Crippen LogP contribution is 2.38. The molecule has 1 aromatic rings. The Morgan fingerprint density at radius 2 is 1.62 bits per heavy atom. The smallest absolute Gasteiger partial charge is 0.390 e. The summed E-state index contributed by atoms with van der Waals surface area (Å²) >= 11 is 0. The summed E-state index contributed by atoms with van der Waals surface area (Å²) in [6.07, 6.45) is 2.86. The van der Waals surface area contributed by atoms with E-state index >= 15 is 0 Å². The monoisotopic (exact) mass is 479 g/mol. The van der Waals surface area contributed by atoms with Crippen LogP contribution in [0.4, 0.5) is 5.95 Å². The molecule has 18 heteroatoms. The Morgan fingerprint density at radius 3 is 2.00 bits per heavy atom. The van der Waals surface area contributed by atoms with Crippen LogP contribution in [0.25, 0.3) is 0 Å². The quantitative estimate of drug-likeness (QED) is 0.109. The molecule has 0 saturated heterocycles. The lowest BCUT2D eigenvalue weighted by Crippen LogP contribution is -2.30. The van der Waals surface area contributed by atoms with E-state index in [0.717, 1.165) is 17.1 Å². The Morgan fingerprint density at radius 1 is 1.14 bits per heavy atom. The molecule has 29 heavy (non-hydrogen) atoms. The number of imidazole rings is 1. The first kappa shape index (κ1) is 25.6. The summed E-state index contributed by atoms with van der Waals surface area (Å²) < 4.78 is 72.2. The summed E-state index contributed by atoms with van der Waals surface area (Å²) in [6.45, 7) is -1.43. The summed E-state index contributed by atoms with van der Waals surface area (Å²) in [5.74, 6) is -0.442. The van der Waals surface area contributed by atoms with Gasteiger partial charge in [0.15, 0.2) is 0 Å². The van der Waals surface area contributed by atoms with Crippen LogP contribution in [-0.4, -0.2) is 70.1 Å². The zero-order valence-electron chi connectivity index (χ0n) is 15.8. The van der Waals surface area contributed by atoms with Crippen molar-refractivity contribution in [2.75, 3.05) is 38.8 Å². The third-order valence-electron chi connectivity index (χ3n) is 3.06. The molecule has 0 amide bonds. The molecule has 1 heterocycles. The molecule has 1 aromatic heterocycles. The average molecular weight is 479 g/mol. The highest BCUT2D eigenvalue weighted by Gasteiger charge is 2.25. The van der Waals surface area contributed by atoms with Gasteiger partial charge in [-0.2, -0.15) is 16.8 Å². The Kier molecular flexibility index (Phi) is 9.29. The van der Waals surface area contributed by atoms with Crippen molar-refractivity contribution in [3.63, 3.8) is 0 Å². The molecule has 0 radical (unpaired) electrons. The van der Waals surface area contributed by atoms with Crippen molar-refractivity contribution in [3.05, 3.63) is 22.0 Å². The van der Waals surface area contributed by atoms with Crippen LogP contribution in [0.2, 0.25) is 0 Å². The van der Waals surface area contributed by atoms with Gasteiger partial charge in [-0.05, 0) is 4.92 Å². The van der Waals surface area contributed by atoms with Gasteiger partial charge in [0.25, 0.3) is 20.2 Å². The fourth-order valence-electron chi connectivity index (χ4n) is 1.81. The van der Waals surface area contributed by atoms with E-state index in [1.807, 2.05) is 0 Å². The van der Waals surface area contributed by atoms with Gasteiger partial charge in [-0.25, -0.2) is 14.7 Å². The van der Waals surface area contributed by atoms with Gasteiger partial charge < -0.3 is 10.1 Å². The Bertz CT molecular complexity index is 917. The summed E-state index contributed by atoms with van der Waals surface area (Å²) in [6, 6.07) is 0. The zero-order valence-corrected chi connectivity index (χ0v) is 18.3. The number of nitro groups is 1. The van der Waals surface area contributed by atoms with Crippen LogP contribution in [0.1, 0.15) is 5.69 Å². The van der Waals surface area contributed by atoms with Crippen LogP contribution in [0, 0.1) is 10.1 Å². The molecule has 0 bridgehead atoms. The molecular formula is C11H22N5O10PS2. The summed E-state index contributed by atoms with van der Waals surface area (Å²) in [5, 5.41) is 15.7. The van der Waals surface area contributed by atoms with Crippen LogP contribution < -0.4 is 10.2 Å². The van der Waals surface area contributed by atoms with Crippen molar-refractivity contribution in [1.29, 1.82) is 0 Å². The maximum absolute atomic E-state index is 12.9. The lowest BCUT2D eigenvalue weighted by atomic mass is 10.5. The number of nitrogens with one attached hydrogen (secondary N) is 2. The van der Waals surface area contributed by atoms with Crippen molar-refractivity contribution < 1.29 is 39.2 Å². The molecule has 0 aromatic carbocycles. The molecule has 168 valence electrons. The van der Waals surface area contributed by atoms with Crippen LogP contribution in [0.15, 0.2) is 6.20 Å². The fourth-order valence-corrected chi connectivity index (χ4v) is 3.97. The van der Waals surface area contributed by atoms with Gasteiger partial charge in [0.1, 0.15) is 18.5 Å². The van der Waals surface area contributed by atoms with E-state index < -0.39 is 38.8 Å². The predicted octanol–water partition coefficient (Wildman–Crippen LogP) is -0.915. The maximum Gasteiger partial charge on any atom is 0.434 e. The molecule has 0 spiro atoms. The zero-order chi connectivity index (χ0) is 22.3. The van der Waals surface area contributed by atoms with E-state index in [1.54, 1.807) is 0 Å². The highest BCUT2D eigenvalue weighted by molar-refractivity contribution is 7.86. The first-order valence-corrected chi connectivity index (χ1v) is 13.1. The molecule has 0 saturated carbocycles. The van der Waals surface area contributed by atoms with Gasteiger partial charge in [0.2, 0.25) is 0 Å². The molecule has 0 fully saturated rings. The predicted molar refractivity (Wildman–Crippen MR) is 99.9 cm³/mol. The third-order valence-corrected chi connectivity index (χ3v) is 6.02. The minimum absolute atomic E-state index is 0.199. The first-order valence-electron chi connectivity index (χ1n) is 7.81. The van der Waals surface area contributed by atoms with E-state index in [1.165, 1.54) is 13.2 Å². The standard InChI is InChI=1S/C11H22N5O10PS2/c1-15-10(8-12-11(15)16(17)18)9-24-27(19,13-4-6-25-28(2,20)21)14-5-7-26-29(3,22)23/h8H,4-7,9H2,1-3H3,(H2,13,14,19). The molecular weight excluding hydrogens is 457 g/mol. The minimum atomic E-state index is -3.84. The van der Waals surface area contributed by atoms with Gasteiger partial charge >= 0.3 is 13.6 Å². The van der Waals surface area contributed by atoms with Crippen molar-refractivity contribution in [3.8, 4) is 0 Å². The Hall–Kier alpha value is -1.46. The van der Waals surface area contributed by atoms with E-state index in [2.05, 4.69) is 23.5 Å². The molecule has 0 aliphatic carbocycles. The average Bonchev–Trinajstić information content (AvgIpc) is 2.93. The van der Waals surface area contributed by atoms with Crippen molar-refractivity contribution in [2.45, 2.75) is 6.61 Å². The molecule has 0 aliphatic heterocycles. The summed E-state index contributed by atoms with van der Waals surface area (Å²) in [7, 11) is -9.87. The molecule has 2 N–H and O–H groups in total. The number of hydrogen-bond donors (Lipinski definition) is 2. The van der Waals surface area contributed by atoms with Gasteiger partial charge in [-0.15, -0.1) is 0 Å². The van der Waals surface area contributed by atoms with E-state index in [0.29, 0.717) is 0 Å². The highest BCUT2D eigenvalue weighted by atomic mass is 32.2. The minimum Gasteiger partial charge on any atom is -0.390 e. The second-order valence-electron chi connectivity index (χ2n) is 5.56. The molecule has 0 atom stereocenters. The number of hydrogen-bond acceptors (Lipinski definition) is 11. The van der Waals surface area contributed by atoms with E-state index in [4.69, 9.17) is 4.52 Å². The second kappa shape index (κ2) is 10.5. The lowest BCUT2D eigenvalue weighted by Gasteiger charge is -2.20. The normalized spacial score (nSPS) is 12.9.